The van der Waals surface area contributed by atoms with E-state index in [0.29, 0.717) is 18.0 Å². The molecule has 7 heteroatoms. The van der Waals surface area contributed by atoms with E-state index >= 15 is 0 Å². The molecule has 1 aromatic carbocycles. The van der Waals surface area contributed by atoms with E-state index in [2.05, 4.69) is 5.32 Å². The van der Waals surface area contributed by atoms with Crippen molar-refractivity contribution in [2.75, 3.05) is 6.54 Å². The van der Waals surface area contributed by atoms with Crippen molar-refractivity contribution in [3.8, 4) is 0 Å². The van der Waals surface area contributed by atoms with Crippen molar-refractivity contribution < 1.29 is 13.2 Å². The minimum absolute atomic E-state index is 0.0619. The van der Waals surface area contributed by atoms with E-state index < -0.39 is 16.1 Å². The Balaban J connectivity index is 1.99. The summed E-state index contributed by atoms with van der Waals surface area (Å²) in [6, 6.07) is 4.00. The van der Waals surface area contributed by atoms with Crippen LogP contribution >= 0.6 is 11.6 Å². The van der Waals surface area contributed by atoms with Gasteiger partial charge in [0.15, 0.2) is 0 Å². The molecule has 0 aromatic heterocycles. The normalized spacial score (nSPS) is 26.7. The zero-order chi connectivity index (χ0) is 13.8. The third-order valence-electron chi connectivity index (χ3n) is 3.65. The Labute approximate surface area is 116 Å². The zero-order valence-electron chi connectivity index (χ0n) is 10.3. The topological polar surface area (TPSA) is 66.5 Å². The third-order valence-corrected chi connectivity index (χ3v) is 5.93. The number of piperazine rings is 1. The van der Waals surface area contributed by atoms with Crippen molar-refractivity contribution in [1.82, 2.24) is 9.62 Å². The first-order valence-corrected chi connectivity index (χ1v) is 7.80. The van der Waals surface area contributed by atoms with Crippen molar-refractivity contribution >= 4 is 27.5 Å². The molecule has 1 N–H and O–H groups in total. The molecule has 0 unspecified atom stereocenters. The molecule has 0 spiro atoms. The maximum atomic E-state index is 12.5. The molecule has 19 heavy (non-hydrogen) atoms. The number of hydrogen-bond donors (Lipinski definition) is 1. The van der Waals surface area contributed by atoms with Gasteiger partial charge in [-0.3, -0.25) is 4.79 Å². The second kappa shape index (κ2) is 4.19. The maximum absolute atomic E-state index is 12.5. The van der Waals surface area contributed by atoms with Gasteiger partial charge >= 0.3 is 0 Å². The number of sulfonamides is 1. The van der Waals surface area contributed by atoms with Crippen LogP contribution < -0.4 is 5.32 Å². The lowest BCUT2D eigenvalue weighted by molar-refractivity contribution is -0.123. The smallest absolute Gasteiger partial charge is 0.243 e. The number of benzene rings is 1. The first-order chi connectivity index (χ1) is 8.89. The molecule has 2 atom stereocenters. The highest BCUT2D eigenvalue weighted by atomic mass is 35.5. The number of carbonyl (C=O) groups excluding carboxylic acids is 1. The predicted molar refractivity (Wildman–Crippen MR) is 70.4 cm³/mol. The van der Waals surface area contributed by atoms with Gasteiger partial charge in [0.05, 0.1) is 4.90 Å². The van der Waals surface area contributed by atoms with E-state index in [1.54, 1.807) is 6.07 Å². The summed E-state index contributed by atoms with van der Waals surface area (Å²) < 4.78 is 26.3. The fourth-order valence-electron chi connectivity index (χ4n) is 2.58. The number of amides is 1. The summed E-state index contributed by atoms with van der Waals surface area (Å²) >= 11 is 5.97. The van der Waals surface area contributed by atoms with Gasteiger partial charge in [-0.05, 0) is 31.0 Å². The fourth-order valence-corrected chi connectivity index (χ4v) is 4.50. The molecule has 2 aliphatic heterocycles. The van der Waals surface area contributed by atoms with Crippen LogP contribution in [0.3, 0.4) is 0 Å². The van der Waals surface area contributed by atoms with Crippen LogP contribution in [-0.2, 0) is 14.8 Å². The Hall–Kier alpha value is -1.11. The van der Waals surface area contributed by atoms with Gasteiger partial charge in [-0.15, -0.1) is 0 Å². The molecule has 0 saturated carbocycles. The Bertz CT molecular complexity index is 659. The van der Waals surface area contributed by atoms with E-state index in [0.717, 1.165) is 5.56 Å². The monoisotopic (exact) mass is 300 g/mol. The maximum Gasteiger partial charge on any atom is 0.243 e. The molecule has 2 saturated heterocycles. The molecular formula is C12H13ClN2O3S. The summed E-state index contributed by atoms with van der Waals surface area (Å²) in [5.41, 5.74) is 0.821. The summed E-state index contributed by atoms with van der Waals surface area (Å²) in [5, 5.41) is 3.17. The highest BCUT2D eigenvalue weighted by Gasteiger charge is 2.49. The minimum atomic E-state index is -3.65. The van der Waals surface area contributed by atoms with Gasteiger partial charge in [0, 0.05) is 17.6 Å². The summed E-state index contributed by atoms with van der Waals surface area (Å²) in [6.07, 6.45) is 0.553. The zero-order valence-corrected chi connectivity index (χ0v) is 11.8. The molecular weight excluding hydrogens is 288 g/mol. The van der Waals surface area contributed by atoms with Crippen LogP contribution in [0.15, 0.2) is 23.1 Å². The predicted octanol–water partition coefficient (Wildman–Crippen LogP) is 0.910. The SMILES string of the molecule is Cc1ccc(S(=O)(=O)N2C[C@@H]3C[C@H]2C(=O)N3)cc1Cl. The second-order valence-corrected chi connectivity index (χ2v) is 7.24. The number of hydrogen-bond acceptors (Lipinski definition) is 3. The molecule has 2 bridgehead atoms. The van der Waals surface area contributed by atoms with Crippen LogP contribution in [0.4, 0.5) is 0 Å². The molecule has 1 amide bonds. The van der Waals surface area contributed by atoms with E-state index in [-0.39, 0.29) is 16.8 Å². The lowest BCUT2D eigenvalue weighted by atomic mass is 10.2. The Kier molecular flexibility index (Phi) is 2.85. The van der Waals surface area contributed by atoms with Crippen molar-refractivity contribution in [2.45, 2.75) is 30.3 Å². The van der Waals surface area contributed by atoms with Gasteiger partial charge < -0.3 is 5.32 Å². The number of aryl methyl sites for hydroxylation is 1. The molecule has 102 valence electrons. The van der Waals surface area contributed by atoms with Crippen molar-refractivity contribution in [2.24, 2.45) is 0 Å². The first-order valence-electron chi connectivity index (χ1n) is 5.98. The van der Waals surface area contributed by atoms with E-state index in [4.69, 9.17) is 11.6 Å². The first kappa shape index (κ1) is 12.9. The van der Waals surface area contributed by atoms with Crippen LogP contribution in [0.5, 0.6) is 0 Å². The average molecular weight is 301 g/mol. The van der Waals surface area contributed by atoms with Crippen LogP contribution in [0.1, 0.15) is 12.0 Å². The van der Waals surface area contributed by atoms with Gasteiger partial charge in [-0.25, -0.2) is 8.42 Å². The van der Waals surface area contributed by atoms with Crippen LogP contribution in [0.2, 0.25) is 5.02 Å². The summed E-state index contributed by atoms with van der Waals surface area (Å²) in [4.78, 5) is 11.7. The minimum Gasteiger partial charge on any atom is -0.351 e. The molecule has 5 nitrogen and oxygen atoms in total. The summed E-state index contributed by atoms with van der Waals surface area (Å²) in [6.45, 7) is 2.15. The number of nitrogens with one attached hydrogen (secondary N) is 1. The third kappa shape index (κ3) is 1.94. The van der Waals surface area contributed by atoms with Crippen molar-refractivity contribution in [3.63, 3.8) is 0 Å². The number of halogens is 1. The molecule has 2 aliphatic rings. The number of carbonyl (C=O) groups is 1. The van der Waals surface area contributed by atoms with E-state index in [1.807, 2.05) is 6.92 Å². The summed E-state index contributed by atoms with van der Waals surface area (Å²) in [7, 11) is -3.65. The van der Waals surface area contributed by atoms with Gasteiger partial charge in [0.25, 0.3) is 0 Å². The molecule has 2 fully saturated rings. The number of nitrogens with zero attached hydrogens (tertiary/aromatic N) is 1. The number of fused-ring (bicyclic) bond motifs is 2. The Morgan fingerprint density at radius 2 is 2.16 bits per heavy atom. The fraction of sp³-hybridized carbons (Fsp3) is 0.417. The van der Waals surface area contributed by atoms with E-state index in [1.165, 1.54) is 16.4 Å². The highest BCUT2D eigenvalue weighted by molar-refractivity contribution is 7.89. The molecule has 0 radical (unpaired) electrons. The number of rotatable bonds is 2. The standard InChI is InChI=1S/C12H13ClN2O3S/c1-7-2-3-9(5-10(7)13)19(17,18)15-6-8-4-11(15)12(16)14-8/h2-3,5,8,11H,4,6H2,1H3,(H,14,16)/t8-,11-/m0/s1. The van der Waals surface area contributed by atoms with Crippen molar-refractivity contribution in [1.29, 1.82) is 0 Å². The van der Waals surface area contributed by atoms with Gasteiger partial charge in [-0.1, -0.05) is 17.7 Å². The molecule has 2 heterocycles. The van der Waals surface area contributed by atoms with Crippen LogP contribution in [0.25, 0.3) is 0 Å². The largest absolute Gasteiger partial charge is 0.351 e. The quantitative estimate of drug-likeness (QED) is 0.883. The Morgan fingerprint density at radius 3 is 2.74 bits per heavy atom. The van der Waals surface area contributed by atoms with E-state index in [9.17, 15) is 13.2 Å². The molecule has 0 aliphatic carbocycles. The van der Waals surface area contributed by atoms with Crippen LogP contribution in [0, 0.1) is 6.92 Å². The average Bonchev–Trinajstić information content (AvgIpc) is 2.91. The van der Waals surface area contributed by atoms with Crippen molar-refractivity contribution in [3.05, 3.63) is 28.8 Å². The second-order valence-electron chi connectivity index (χ2n) is 4.94. The lowest BCUT2D eigenvalue weighted by Gasteiger charge is -2.25. The van der Waals surface area contributed by atoms with Gasteiger partial charge in [-0.2, -0.15) is 4.31 Å². The van der Waals surface area contributed by atoms with Gasteiger partial charge in [0.2, 0.25) is 15.9 Å². The lowest BCUT2D eigenvalue weighted by Crippen LogP contribution is -2.50. The summed E-state index contributed by atoms with van der Waals surface area (Å²) in [5.74, 6) is -0.210. The van der Waals surface area contributed by atoms with Gasteiger partial charge in [0.1, 0.15) is 6.04 Å². The highest BCUT2D eigenvalue weighted by Crippen LogP contribution is 2.31. The molecule has 3 rings (SSSR count). The van der Waals surface area contributed by atoms with Crippen LogP contribution in [-0.4, -0.2) is 37.3 Å². The Morgan fingerprint density at radius 1 is 1.42 bits per heavy atom. The molecule has 1 aromatic rings.